The van der Waals surface area contributed by atoms with Gasteiger partial charge < -0.3 is 14.8 Å². The van der Waals surface area contributed by atoms with Gasteiger partial charge in [0.1, 0.15) is 23.9 Å². The molecule has 0 saturated carbocycles. The molecule has 0 heterocycles. The number of carbonyl (C=O) groups excluding carboxylic acids is 1. The smallest absolute Gasteiger partial charge is 0.232 e. The number of anilines is 1. The number of sulfonamides is 1. The van der Waals surface area contributed by atoms with Gasteiger partial charge in [-0.15, -0.1) is 0 Å². The number of carbonyl (C=O) groups is 1. The van der Waals surface area contributed by atoms with Crippen molar-refractivity contribution in [1.82, 2.24) is 5.32 Å². The molecule has 1 N–H and O–H groups in total. The first-order valence-electron chi connectivity index (χ1n) is 11.5. The number of hydrogen-bond donors (Lipinski definition) is 1. The third-order valence-corrected chi connectivity index (χ3v) is 6.63. The van der Waals surface area contributed by atoms with Gasteiger partial charge in [0.15, 0.2) is 0 Å². The Balaban J connectivity index is 1.45. The standard InChI is InChI=1S/C27H32N2O5S/c1-21-11-14-26(20-22(21)2)33-19-17-28-27(30)10-7-18-29(35(3,31)32)23-12-15-25(16-13-23)34-24-8-5-4-6-9-24/h4-6,8-9,11-16,20H,7,10,17-19H2,1-3H3,(H,28,30). The highest BCUT2D eigenvalue weighted by Gasteiger charge is 2.17. The number of nitrogens with zero attached hydrogens (tertiary/aromatic N) is 1. The molecule has 0 saturated heterocycles. The van der Waals surface area contributed by atoms with Crippen LogP contribution in [0.4, 0.5) is 5.69 Å². The van der Waals surface area contributed by atoms with Crippen molar-refractivity contribution in [3.63, 3.8) is 0 Å². The van der Waals surface area contributed by atoms with Crippen molar-refractivity contribution >= 4 is 21.6 Å². The summed E-state index contributed by atoms with van der Waals surface area (Å²) < 4.78 is 37.4. The fourth-order valence-corrected chi connectivity index (χ4v) is 4.39. The Kier molecular flexibility index (Phi) is 9.14. The second-order valence-corrected chi connectivity index (χ2v) is 10.2. The van der Waals surface area contributed by atoms with Gasteiger partial charge in [-0.05, 0) is 79.9 Å². The quantitative estimate of drug-likeness (QED) is 0.363. The van der Waals surface area contributed by atoms with Gasteiger partial charge in [0.25, 0.3) is 0 Å². The molecule has 3 rings (SSSR count). The zero-order chi connectivity index (χ0) is 25.3. The Bertz CT molecular complexity index is 1210. The van der Waals surface area contributed by atoms with Crippen LogP contribution in [0.25, 0.3) is 0 Å². The molecule has 0 aliphatic carbocycles. The molecular weight excluding hydrogens is 464 g/mol. The first kappa shape index (κ1) is 26.1. The number of hydrogen-bond acceptors (Lipinski definition) is 5. The van der Waals surface area contributed by atoms with Gasteiger partial charge in [0.05, 0.1) is 18.5 Å². The minimum atomic E-state index is -3.51. The lowest BCUT2D eigenvalue weighted by Gasteiger charge is -2.22. The van der Waals surface area contributed by atoms with Crippen molar-refractivity contribution in [2.45, 2.75) is 26.7 Å². The molecule has 3 aromatic rings. The summed E-state index contributed by atoms with van der Waals surface area (Å²) in [6, 6.07) is 22.1. The highest BCUT2D eigenvalue weighted by Crippen LogP contribution is 2.25. The van der Waals surface area contributed by atoms with E-state index in [1.807, 2.05) is 62.4 Å². The highest BCUT2D eigenvalue weighted by molar-refractivity contribution is 7.92. The molecule has 3 aromatic carbocycles. The zero-order valence-electron chi connectivity index (χ0n) is 20.4. The molecule has 0 aromatic heterocycles. The van der Waals surface area contributed by atoms with E-state index in [1.165, 1.54) is 9.87 Å². The lowest BCUT2D eigenvalue weighted by molar-refractivity contribution is -0.121. The molecule has 0 atom stereocenters. The van der Waals surface area contributed by atoms with E-state index in [2.05, 4.69) is 5.32 Å². The summed E-state index contributed by atoms with van der Waals surface area (Å²) in [5, 5.41) is 2.81. The summed E-state index contributed by atoms with van der Waals surface area (Å²) in [7, 11) is -3.51. The van der Waals surface area contributed by atoms with Crippen LogP contribution in [-0.4, -0.2) is 40.3 Å². The number of ether oxygens (including phenoxy) is 2. The molecule has 8 heteroatoms. The van der Waals surface area contributed by atoms with E-state index >= 15 is 0 Å². The van der Waals surface area contributed by atoms with E-state index < -0.39 is 10.0 Å². The number of benzene rings is 3. The molecule has 35 heavy (non-hydrogen) atoms. The molecule has 186 valence electrons. The van der Waals surface area contributed by atoms with Crippen LogP contribution < -0.4 is 19.1 Å². The van der Waals surface area contributed by atoms with Gasteiger partial charge >= 0.3 is 0 Å². The normalized spacial score (nSPS) is 11.1. The predicted molar refractivity (Wildman–Crippen MR) is 139 cm³/mol. The third kappa shape index (κ3) is 8.33. The summed E-state index contributed by atoms with van der Waals surface area (Å²) in [6.07, 6.45) is 1.76. The molecular formula is C27H32N2O5S. The average Bonchev–Trinajstić information content (AvgIpc) is 2.82. The number of nitrogens with one attached hydrogen (secondary N) is 1. The van der Waals surface area contributed by atoms with Crippen LogP contribution in [0.3, 0.4) is 0 Å². The maximum absolute atomic E-state index is 12.4. The van der Waals surface area contributed by atoms with Gasteiger partial charge in [0.2, 0.25) is 15.9 Å². The van der Waals surface area contributed by atoms with E-state index in [-0.39, 0.29) is 18.9 Å². The van der Waals surface area contributed by atoms with E-state index in [9.17, 15) is 13.2 Å². The molecule has 0 aliphatic rings. The van der Waals surface area contributed by atoms with Crippen LogP contribution in [-0.2, 0) is 14.8 Å². The highest BCUT2D eigenvalue weighted by atomic mass is 32.2. The van der Waals surface area contributed by atoms with E-state index in [1.54, 1.807) is 24.3 Å². The second-order valence-electron chi connectivity index (χ2n) is 8.29. The minimum absolute atomic E-state index is 0.145. The lowest BCUT2D eigenvalue weighted by atomic mass is 10.1. The van der Waals surface area contributed by atoms with Gasteiger partial charge in [-0.3, -0.25) is 9.10 Å². The Morgan fingerprint density at radius 1 is 0.886 bits per heavy atom. The Labute approximate surface area is 207 Å². The summed E-state index contributed by atoms with van der Waals surface area (Å²) in [6.45, 7) is 5.01. The predicted octanol–water partition coefficient (Wildman–Crippen LogP) is 4.84. The number of para-hydroxylation sites is 1. The summed E-state index contributed by atoms with van der Waals surface area (Å²) >= 11 is 0. The average molecular weight is 497 g/mol. The Morgan fingerprint density at radius 2 is 1.54 bits per heavy atom. The molecule has 0 aliphatic heterocycles. The van der Waals surface area contributed by atoms with Gasteiger partial charge in [-0.1, -0.05) is 24.3 Å². The first-order valence-corrected chi connectivity index (χ1v) is 13.3. The van der Waals surface area contributed by atoms with Crippen molar-refractivity contribution < 1.29 is 22.7 Å². The fraction of sp³-hybridized carbons (Fsp3) is 0.296. The fourth-order valence-electron chi connectivity index (χ4n) is 3.43. The monoisotopic (exact) mass is 496 g/mol. The van der Waals surface area contributed by atoms with Crippen LogP contribution in [0.15, 0.2) is 72.8 Å². The summed E-state index contributed by atoms with van der Waals surface area (Å²) in [5.41, 5.74) is 2.88. The van der Waals surface area contributed by atoms with Crippen molar-refractivity contribution in [2.24, 2.45) is 0 Å². The largest absolute Gasteiger partial charge is 0.492 e. The molecule has 0 radical (unpaired) electrons. The van der Waals surface area contributed by atoms with Gasteiger partial charge in [-0.25, -0.2) is 8.42 Å². The first-order chi connectivity index (χ1) is 16.7. The Hall–Kier alpha value is -3.52. The van der Waals surface area contributed by atoms with Crippen molar-refractivity contribution in [3.05, 3.63) is 83.9 Å². The van der Waals surface area contributed by atoms with Crippen molar-refractivity contribution in [2.75, 3.05) is 30.3 Å². The number of aryl methyl sites for hydroxylation is 2. The number of amides is 1. The molecule has 0 fully saturated rings. The molecule has 0 unspecified atom stereocenters. The maximum atomic E-state index is 12.4. The zero-order valence-corrected chi connectivity index (χ0v) is 21.2. The molecule has 0 bridgehead atoms. The summed E-state index contributed by atoms with van der Waals surface area (Å²) in [5.74, 6) is 1.93. The lowest BCUT2D eigenvalue weighted by Crippen LogP contribution is -2.32. The van der Waals surface area contributed by atoms with Gasteiger partial charge in [0, 0.05) is 13.0 Å². The van der Waals surface area contributed by atoms with E-state index in [4.69, 9.17) is 9.47 Å². The van der Waals surface area contributed by atoms with Crippen LogP contribution in [0, 0.1) is 13.8 Å². The van der Waals surface area contributed by atoms with Crippen LogP contribution in [0.2, 0.25) is 0 Å². The van der Waals surface area contributed by atoms with E-state index in [0.717, 1.165) is 17.6 Å². The third-order valence-electron chi connectivity index (χ3n) is 5.44. The Morgan fingerprint density at radius 3 is 2.20 bits per heavy atom. The molecule has 1 amide bonds. The minimum Gasteiger partial charge on any atom is -0.492 e. The van der Waals surface area contributed by atoms with Crippen molar-refractivity contribution in [3.8, 4) is 17.2 Å². The second kappa shape index (κ2) is 12.3. The van der Waals surface area contributed by atoms with Crippen LogP contribution >= 0.6 is 0 Å². The van der Waals surface area contributed by atoms with Crippen LogP contribution in [0.1, 0.15) is 24.0 Å². The summed E-state index contributed by atoms with van der Waals surface area (Å²) in [4.78, 5) is 12.2. The van der Waals surface area contributed by atoms with E-state index in [0.29, 0.717) is 36.8 Å². The van der Waals surface area contributed by atoms with Crippen molar-refractivity contribution in [1.29, 1.82) is 0 Å². The van der Waals surface area contributed by atoms with Crippen LogP contribution in [0.5, 0.6) is 17.2 Å². The number of rotatable bonds is 12. The SMILES string of the molecule is Cc1ccc(OCCNC(=O)CCCN(c2ccc(Oc3ccccc3)cc2)S(C)(=O)=O)cc1C. The molecule has 7 nitrogen and oxygen atoms in total. The maximum Gasteiger partial charge on any atom is 0.232 e. The topological polar surface area (TPSA) is 84.9 Å². The molecule has 0 spiro atoms. The van der Waals surface area contributed by atoms with Gasteiger partial charge in [-0.2, -0.15) is 0 Å².